The Labute approximate surface area is 108 Å². The van der Waals surface area contributed by atoms with Crippen LogP contribution < -0.4 is 5.32 Å². The summed E-state index contributed by atoms with van der Waals surface area (Å²) in [5.41, 5.74) is 1.75. The molecule has 1 aromatic carbocycles. The predicted molar refractivity (Wildman–Crippen MR) is 75.7 cm³/mol. The molecule has 3 heteroatoms. The number of nitrogens with one attached hydrogen (secondary N) is 1. The maximum Gasteiger partial charge on any atom is 0.256 e. The van der Waals surface area contributed by atoms with Crippen LogP contribution in [0.25, 0.3) is 0 Å². The predicted octanol–water partition coefficient (Wildman–Crippen LogP) is 3.23. The highest BCUT2D eigenvalue weighted by Gasteiger charge is 2.05. The Morgan fingerprint density at radius 1 is 1.39 bits per heavy atom. The molecule has 94 valence electrons. The van der Waals surface area contributed by atoms with Crippen molar-refractivity contribution in [2.45, 2.75) is 20.3 Å². The van der Waals surface area contributed by atoms with Crippen LogP contribution >= 0.6 is 0 Å². The molecule has 1 amide bonds. The molecule has 1 rings (SSSR count). The Morgan fingerprint density at radius 3 is 2.61 bits per heavy atom. The molecule has 0 heterocycles. The molecule has 1 aromatic rings. The summed E-state index contributed by atoms with van der Waals surface area (Å²) in [6, 6.07) is 7.41. The molecule has 3 nitrogen and oxygen atoms in total. The zero-order valence-corrected chi connectivity index (χ0v) is 10.8. The lowest BCUT2D eigenvalue weighted by atomic mass is 10.1. The fraction of sp³-hybridized carbons (Fsp3) is 0.200. The zero-order valence-electron chi connectivity index (χ0n) is 10.8. The third-order valence-corrected chi connectivity index (χ3v) is 2.27. The average molecular weight is 242 g/mol. The Hall–Kier alpha value is -2.16. The molecule has 0 spiro atoms. The van der Waals surface area contributed by atoms with Gasteiger partial charge in [0, 0.05) is 11.8 Å². The summed E-state index contributed by atoms with van der Waals surface area (Å²) in [5.74, 6) is 0.388. The van der Waals surface area contributed by atoms with Gasteiger partial charge in [0.2, 0.25) is 0 Å². The van der Waals surface area contributed by atoms with Gasteiger partial charge in [-0.05, 0) is 31.6 Å². The largest absolute Gasteiger partial charge is 0.307 e. The Bertz CT molecular complexity index is 470. The zero-order chi connectivity index (χ0) is 13.4. The summed E-state index contributed by atoms with van der Waals surface area (Å²) in [6.45, 7) is 7.52. The summed E-state index contributed by atoms with van der Waals surface area (Å²) in [6.07, 6.45) is 5.78. The monoisotopic (exact) mass is 242 g/mol. The van der Waals surface area contributed by atoms with E-state index in [0.717, 1.165) is 12.0 Å². The van der Waals surface area contributed by atoms with Gasteiger partial charge in [-0.3, -0.25) is 4.79 Å². The fourth-order valence-corrected chi connectivity index (χ4v) is 1.36. The first kappa shape index (κ1) is 13.9. The molecular formula is C15H18N2O. The van der Waals surface area contributed by atoms with Crippen molar-refractivity contribution in [1.82, 2.24) is 5.32 Å². The number of hydrogen-bond donors (Lipinski definition) is 1. The minimum atomic E-state index is -0.157. The van der Waals surface area contributed by atoms with Crippen molar-refractivity contribution in [1.29, 1.82) is 0 Å². The Morgan fingerprint density at radius 2 is 2.06 bits per heavy atom. The van der Waals surface area contributed by atoms with Crippen molar-refractivity contribution >= 4 is 12.1 Å². The van der Waals surface area contributed by atoms with Crippen LogP contribution in [-0.4, -0.2) is 12.1 Å². The van der Waals surface area contributed by atoms with Crippen LogP contribution in [0, 0.1) is 6.92 Å². The number of nitrogens with zero attached hydrogens (tertiary/aromatic N) is 1. The van der Waals surface area contributed by atoms with Crippen molar-refractivity contribution in [3.8, 4) is 0 Å². The number of rotatable bonds is 5. The first-order valence-corrected chi connectivity index (χ1v) is 5.90. The molecule has 0 aliphatic heterocycles. The molecule has 0 unspecified atom stereocenters. The van der Waals surface area contributed by atoms with Crippen molar-refractivity contribution < 1.29 is 4.79 Å². The molecule has 0 aliphatic carbocycles. The van der Waals surface area contributed by atoms with E-state index in [1.165, 1.54) is 0 Å². The lowest BCUT2D eigenvalue weighted by Gasteiger charge is -2.05. The van der Waals surface area contributed by atoms with E-state index in [-0.39, 0.29) is 5.91 Å². The number of carbonyl (C=O) groups is 1. The first-order chi connectivity index (χ1) is 8.67. The van der Waals surface area contributed by atoms with E-state index in [4.69, 9.17) is 0 Å². The molecule has 0 saturated heterocycles. The Kier molecular flexibility index (Phi) is 5.58. The van der Waals surface area contributed by atoms with E-state index < -0.39 is 0 Å². The van der Waals surface area contributed by atoms with E-state index in [1.54, 1.807) is 24.4 Å². The van der Waals surface area contributed by atoms with Crippen molar-refractivity contribution in [2.24, 2.45) is 4.99 Å². The summed E-state index contributed by atoms with van der Waals surface area (Å²) in [5, 5.41) is 2.76. The topological polar surface area (TPSA) is 41.5 Å². The fourth-order valence-electron chi connectivity index (χ4n) is 1.36. The minimum absolute atomic E-state index is 0.157. The molecule has 0 fully saturated rings. The molecule has 18 heavy (non-hydrogen) atoms. The standard InChI is InChI=1S/C15H18N2O/c1-4-6-14(16-11-5-2)17-15(18)13-9-7-12(3)8-10-13/h5-11H,2,4H2,1,3H3,(H,17,18)/b14-6+,16-11-. The molecule has 0 radical (unpaired) electrons. The van der Waals surface area contributed by atoms with Gasteiger partial charge in [-0.1, -0.05) is 37.3 Å². The number of aryl methyl sites for hydroxylation is 1. The summed E-state index contributed by atoms with van der Waals surface area (Å²) in [4.78, 5) is 16.1. The lowest BCUT2D eigenvalue weighted by Crippen LogP contribution is -2.21. The second kappa shape index (κ2) is 7.22. The lowest BCUT2D eigenvalue weighted by molar-refractivity contribution is 0.0965. The van der Waals surface area contributed by atoms with Gasteiger partial charge >= 0.3 is 0 Å². The SMILES string of the molecule is C=C/C=N\C(=C/CC)NC(=O)c1ccc(C)cc1. The van der Waals surface area contributed by atoms with E-state index in [2.05, 4.69) is 16.9 Å². The maximum atomic E-state index is 12.0. The van der Waals surface area contributed by atoms with Gasteiger partial charge in [-0.2, -0.15) is 0 Å². The van der Waals surface area contributed by atoms with Gasteiger partial charge in [0.05, 0.1) is 0 Å². The third kappa shape index (κ3) is 4.37. The third-order valence-electron chi connectivity index (χ3n) is 2.27. The smallest absolute Gasteiger partial charge is 0.256 e. The van der Waals surface area contributed by atoms with Crippen LogP contribution in [0.1, 0.15) is 29.3 Å². The molecule has 0 aromatic heterocycles. The van der Waals surface area contributed by atoms with Gasteiger partial charge in [-0.15, -0.1) is 0 Å². The second-order valence-corrected chi connectivity index (χ2v) is 3.83. The van der Waals surface area contributed by atoms with E-state index in [1.807, 2.05) is 32.1 Å². The summed E-state index contributed by atoms with van der Waals surface area (Å²) >= 11 is 0. The van der Waals surface area contributed by atoms with Crippen LogP contribution in [-0.2, 0) is 0 Å². The number of aliphatic imine (C=N–C) groups is 1. The van der Waals surface area contributed by atoms with Crippen molar-refractivity contribution in [3.63, 3.8) is 0 Å². The molecule has 0 bridgehead atoms. The number of carbonyl (C=O) groups excluding carboxylic acids is 1. The average Bonchev–Trinajstić information content (AvgIpc) is 2.37. The van der Waals surface area contributed by atoms with Crippen LogP contribution in [0.5, 0.6) is 0 Å². The van der Waals surface area contributed by atoms with Gasteiger partial charge in [-0.25, -0.2) is 4.99 Å². The van der Waals surface area contributed by atoms with Crippen molar-refractivity contribution in [3.05, 3.63) is 59.9 Å². The second-order valence-electron chi connectivity index (χ2n) is 3.83. The molecule has 1 N–H and O–H groups in total. The number of hydrogen-bond acceptors (Lipinski definition) is 2. The maximum absolute atomic E-state index is 12.0. The van der Waals surface area contributed by atoms with E-state index in [0.29, 0.717) is 11.4 Å². The van der Waals surface area contributed by atoms with Crippen LogP contribution in [0.4, 0.5) is 0 Å². The van der Waals surface area contributed by atoms with E-state index >= 15 is 0 Å². The number of allylic oxidation sites excluding steroid dienone is 2. The summed E-state index contributed by atoms with van der Waals surface area (Å²) in [7, 11) is 0. The van der Waals surface area contributed by atoms with Gasteiger partial charge < -0.3 is 5.32 Å². The van der Waals surface area contributed by atoms with Crippen LogP contribution in [0.3, 0.4) is 0 Å². The highest BCUT2D eigenvalue weighted by molar-refractivity contribution is 5.95. The minimum Gasteiger partial charge on any atom is -0.307 e. The first-order valence-electron chi connectivity index (χ1n) is 5.90. The van der Waals surface area contributed by atoms with Gasteiger partial charge in [0.15, 0.2) is 0 Å². The molecular weight excluding hydrogens is 224 g/mol. The molecule has 0 atom stereocenters. The highest BCUT2D eigenvalue weighted by atomic mass is 16.1. The highest BCUT2D eigenvalue weighted by Crippen LogP contribution is 2.04. The molecule has 0 aliphatic rings. The quantitative estimate of drug-likeness (QED) is 0.791. The Balaban J connectivity index is 2.78. The normalized spacial score (nSPS) is 11.6. The molecule has 0 saturated carbocycles. The van der Waals surface area contributed by atoms with Crippen LogP contribution in [0.15, 0.2) is 53.8 Å². The van der Waals surface area contributed by atoms with Crippen LogP contribution in [0.2, 0.25) is 0 Å². The van der Waals surface area contributed by atoms with Gasteiger partial charge in [0.25, 0.3) is 5.91 Å². The van der Waals surface area contributed by atoms with Crippen molar-refractivity contribution in [2.75, 3.05) is 0 Å². The number of amides is 1. The van der Waals surface area contributed by atoms with E-state index in [9.17, 15) is 4.79 Å². The summed E-state index contributed by atoms with van der Waals surface area (Å²) < 4.78 is 0. The number of benzene rings is 1. The van der Waals surface area contributed by atoms with Gasteiger partial charge in [0.1, 0.15) is 5.82 Å².